The molecule has 17 heteroatoms. The van der Waals surface area contributed by atoms with Crippen molar-refractivity contribution in [3.8, 4) is 5.75 Å². The van der Waals surface area contributed by atoms with Crippen LogP contribution in [-0.4, -0.2) is 104 Å². The van der Waals surface area contributed by atoms with Gasteiger partial charge in [0.25, 0.3) is 5.69 Å². The van der Waals surface area contributed by atoms with Crippen molar-refractivity contribution in [2.75, 3.05) is 70.7 Å². The topological polar surface area (TPSA) is 163 Å². The van der Waals surface area contributed by atoms with Crippen LogP contribution < -0.4 is 15.0 Å². The third-order valence-corrected chi connectivity index (χ3v) is 10.1. The zero-order valence-electron chi connectivity index (χ0n) is 26.4. The average molecular weight is 686 g/mol. The maximum atomic E-state index is 15.5. The third kappa shape index (κ3) is 8.54. The van der Waals surface area contributed by atoms with Crippen molar-refractivity contribution < 1.29 is 22.5 Å². The molecule has 3 heterocycles. The number of benzene rings is 2. The molecule has 0 unspecified atom stereocenters. The van der Waals surface area contributed by atoms with Crippen LogP contribution in [0.25, 0.3) is 0 Å². The van der Waals surface area contributed by atoms with E-state index in [1.165, 1.54) is 43.5 Å². The van der Waals surface area contributed by atoms with Crippen molar-refractivity contribution in [3.05, 3.63) is 75.7 Å². The lowest BCUT2D eigenvalue weighted by Crippen LogP contribution is -2.48. The highest BCUT2D eigenvalue weighted by atomic mass is 32.2. The molecule has 2 aromatic heterocycles. The Hall–Kier alpha value is -4.32. The van der Waals surface area contributed by atoms with Gasteiger partial charge in [0, 0.05) is 63.2 Å². The molecular weight excluding hydrogens is 650 g/mol. The number of nitro groups is 1. The summed E-state index contributed by atoms with van der Waals surface area (Å²) in [7, 11) is 1.63. The first kappa shape index (κ1) is 34.0. The molecule has 47 heavy (non-hydrogen) atoms. The van der Waals surface area contributed by atoms with Gasteiger partial charge in [-0.05, 0) is 56.5 Å². The first-order valence-corrected chi connectivity index (χ1v) is 17.2. The fraction of sp³-hybridized carbons (Fsp3) is 0.367. The van der Waals surface area contributed by atoms with E-state index in [1.54, 1.807) is 0 Å². The van der Waals surface area contributed by atoms with Gasteiger partial charge >= 0.3 is 0 Å². The first-order chi connectivity index (χ1) is 22.4. The summed E-state index contributed by atoms with van der Waals surface area (Å²) in [6.45, 7) is 6.81. The SMILES string of the molecule is COc1c(Nc2cc(C)[nH]n2)nc(Sc2ccc(S(=O)(=O)Cc3cccc([N+](=O)[O-])c3)cc2F)nc1N1CCN(CCN(C)C)CC1. The molecule has 0 radical (unpaired) electrons. The highest BCUT2D eigenvalue weighted by Crippen LogP contribution is 2.39. The number of aryl methyl sites for hydroxylation is 1. The largest absolute Gasteiger partial charge is 0.490 e. The van der Waals surface area contributed by atoms with Crippen molar-refractivity contribution in [2.24, 2.45) is 0 Å². The van der Waals surface area contributed by atoms with Crippen molar-refractivity contribution in [2.45, 2.75) is 27.6 Å². The summed E-state index contributed by atoms with van der Waals surface area (Å²) in [6.07, 6.45) is 0. The molecule has 0 saturated carbocycles. The number of aromatic nitrogens is 4. The molecule has 4 aromatic rings. The van der Waals surface area contributed by atoms with Crippen LogP contribution in [0, 0.1) is 22.9 Å². The lowest BCUT2D eigenvalue weighted by Gasteiger charge is -2.36. The summed E-state index contributed by atoms with van der Waals surface area (Å²) in [5.41, 5.74) is 0.839. The van der Waals surface area contributed by atoms with E-state index in [4.69, 9.17) is 9.72 Å². The number of ether oxygens (including phenoxy) is 1. The minimum atomic E-state index is -4.00. The number of piperazine rings is 1. The van der Waals surface area contributed by atoms with E-state index in [-0.39, 0.29) is 26.2 Å². The second-order valence-corrected chi connectivity index (χ2v) is 14.3. The number of aromatic amines is 1. The Morgan fingerprint density at radius 3 is 2.53 bits per heavy atom. The number of nitrogens with one attached hydrogen (secondary N) is 2. The molecule has 0 bridgehead atoms. The Bertz CT molecular complexity index is 1850. The van der Waals surface area contributed by atoms with Gasteiger partial charge < -0.3 is 19.9 Å². The first-order valence-electron chi connectivity index (χ1n) is 14.7. The Kier molecular flexibility index (Phi) is 10.6. The molecule has 1 aliphatic rings. The lowest BCUT2D eigenvalue weighted by molar-refractivity contribution is -0.384. The quantitative estimate of drug-likeness (QED) is 0.118. The van der Waals surface area contributed by atoms with Crippen LogP contribution in [-0.2, 0) is 15.6 Å². The van der Waals surface area contributed by atoms with Crippen LogP contribution in [0.15, 0.2) is 63.5 Å². The van der Waals surface area contributed by atoms with Crippen LogP contribution in [0.5, 0.6) is 5.75 Å². The van der Waals surface area contributed by atoms with Gasteiger partial charge in [0.05, 0.1) is 27.6 Å². The molecule has 2 N–H and O–H groups in total. The number of nitrogens with zero attached hydrogens (tertiary/aromatic N) is 7. The monoisotopic (exact) mass is 685 g/mol. The van der Waals surface area contributed by atoms with Gasteiger partial charge in [0.15, 0.2) is 32.4 Å². The van der Waals surface area contributed by atoms with E-state index in [2.05, 4.69) is 35.2 Å². The zero-order valence-corrected chi connectivity index (χ0v) is 28.1. The van der Waals surface area contributed by atoms with Gasteiger partial charge in [0.2, 0.25) is 5.75 Å². The smallest absolute Gasteiger partial charge is 0.269 e. The number of H-pyrrole nitrogens is 1. The van der Waals surface area contributed by atoms with E-state index in [1.807, 2.05) is 27.1 Å². The summed E-state index contributed by atoms with van der Waals surface area (Å²) in [5, 5.41) is 21.6. The normalized spacial score (nSPS) is 14.0. The highest BCUT2D eigenvalue weighted by molar-refractivity contribution is 7.99. The average Bonchev–Trinajstić information content (AvgIpc) is 3.45. The van der Waals surface area contributed by atoms with Gasteiger partial charge in [-0.2, -0.15) is 5.10 Å². The number of sulfone groups is 1. The number of hydrogen-bond acceptors (Lipinski definition) is 13. The predicted molar refractivity (Wildman–Crippen MR) is 177 cm³/mol. The Morgan fingerprint density at radius 1 is 1.13 bits per heavy atom. The molecule has 250 valence electrons. The number of hydrogen-bond donors (Lipinski definition) is 2. The molecule has 0 aliphatic carbocycles. The fourth-order valence-electron chi connectivity index (χ4n) is 5.00. The summed E-state index contributed by atoms with van der Waals surface area (Å²) in [4.78, 5) is 26.4. The molecular formula is C30H36FN9O5S2. The predicted octanol–water partition coefficient (Wildman–Crippen LogP) is 4.12. The Labute approximate surface area is 276 Å². The van der Waals surface area contributed by atoms with Crippen molar-refractivity contribution >= 4 is 44.7 Å². The van der Waals surface area contributed by atoms with E-state index in [9.17, 15) is 18.5 Å². The van der Waals surface area contributed by atoms with Gasteiger partial charge in [0.1, 0.15) is 5.82 Å². The number of likely N-dealkylation sites (N-methyl/N-ethyl adjacent to an activating group) is 1. The van der Waals surface area contributed by atoms with Crippen molar-refractivity contribution in [3.63, 3.8) is 0 Å². The Balaban J connectivity index is 1.41. The summed E-state index contributed by atoms with van der Waals surface area (Å²) in [5.74, 6) is 0.527. The van der Waals surface area contributed by atoms with E-state index in [0.29, 0.717) is 36.3 Å². The summed E-state index contributed by atoms with van der Waals surface area (Å²) >= 11 is 0.948. The molecule has 5 rings (SSSR count). The van der Waals surface area contributed by atoms with E-state index < -0.39 is 26.3 Å². The van der Waals surface area contributed by atoms with Gasteiger partial charge in [-0.1, -0.05) is 12.1 Å². The molecule has 0 spiro atoms. The van der Waals surface area contributed by atoms with Gasteiger partial charge in [-0.25, -0.2) is 22.8 Å². The van der Waals surface area contributed by atoms with Crippen molar-refractivity contribution in [1.82, 2.24) is 30.0 Å². The van der Waals surface area contributed by atoms with Crippen LogP contribution >= 0.6 is 11.8 Å². The standard InChI is InChI=1S/C30H36FN9O5S2/c1-20-16-26(36-35-20)32-28-27(45-4)29(39-14-12-38(13-15-39)11-10-37(2)3)34-30(33-28)46-25-9-8-23(18-24(25)31)47(43,44)19-21-6-5-7-22(17-21)40(41)42/h5-9,16-18H,10-15,19H2,1-4H3,(H2,32,33,34,35,36). The summed E-state index contributed by atoms with van der Waals surface area (Å²) < 4.78 is 47.5. The zero-order chi connectivity index (χ0) is 33.7. The highest BCUT2D eigenvalue weighted by Gasteiger charge is 2.26. The molecule has 0 amide bonds. The minimum absolute atomic E-state index is 0.116. The number of methoxy groups -OCH3 is 1. The fourth-order valence-corrected chi connectivity index (χ4v) is 7.10. The maximum Gasteiger partial charge on any atom is 0.269 e. The molecule has 14 nitrogen and oxygen atoms in total. The number of non-ortho nitro benzene ring substituents is 1. The van der Waals surface area contributed by atoms with Crippen molar-refractivity contribution in [1.29, 1.82) is 0 Å². The lowest BCUT2D eigenvalue weighted by atomic mass is 10.2. The third-order valence-electron chi connectivity index (χ3n) is 7.46. The second-order valence-electron chi connectivity index (χ2n) is 11.3. The van der Waals surface area contributed by atoms with Crippen LogP contribution in [0.3, 0.4) is 0 Å². The molecule has 2 aromatic carbocycles. The second kappa shape index (κ2) is 14.6. The van der Waals surface area contributed by atoms with Crippen LogP contribution in [0.4, 0.5) is 27.5 Å². The van der Waals surface area contributed by atoms with E-state index >= 15 is 4.39 Å². The Morgan fingerprint density at radius 2 is 1.89 bits per heavy atom. The minimum Gasteiger partial charge on any atom is -0.490 e. The van der Waals surface area contributed by atoms with Gasteiger partial charge in [-0.15, -0.1) is 0 Å². The van der Waals surface area contributed by atoms with E-state index in [0.717, 1.165) is 49.7 Å². The molecule has 1 saturated heterocycles. The number of halogens is 1. The van der Waals surface area contributed by atoms with Crippen LogP contribution in [0.1, 0.15) is 11.3 Å². The van der Waals surface area contributed by atoms with Crippen LogP contribution in [0.2, 0.25) is 0 Å². The number of nitro benzene ring substituents is 1. The number of anilines is 3. The number of rotatable bonds is 13. The summed E-state index contributed by atoms with van der Waals surface area (Å²) in [6, 6.07) is 10.8. The molecule has 1 fully saturated rings. The molecule has 0 atom stereocenters. The molecule has 1 aliphatic heterocycles. The van der Waals surface area contributed by atoms with Gasteiger partial charge in [-0.3, -0.25) is 20.1 Å². The maximum absolute atomic E-state index is 15.5.